The molecule has 4 rings (SSSR count). The Balaban J connectivity index is 1.74. The van der Waals surface area contributed by atoms with Crippen molar-refractivity contribution in [3.05, 3.63) is 53.3 Å². The Kier molecular flexibility index (Phi) is 3.11. The molecule has 0 amide bonds. The Morgan fingerprint density at radius 2 is 2.00 bits per heavy atom. The summed E-state index contributed by atoms with van der Waals surface area (Å²) in [5.41, 5.74) is 1.84. The molecule has 0 bridgehead atoms. The lowest BCUT2D eigenvalue weighted by Crippen LogP contribution is -2.37. The smallest absolute Gasteiger partial charge is 0.252 e. The first kappa shape index (κ1) is 13.9. The number of fused-ring (bicyclic) bond motifs is 3. The minimum atomic E-state index is -3.44. The fourth-order valence-corrected chi connectivity index (χ4v) is 5.45. The summed E-state index contributed by atoms with van der Waals surface area (Å²) in [4.78, 5) is 0. The summed E-state index contributed by atoms with van der Waals surface area (Å²) in [6, 6.07) is 9.90. The van der Waals surface area contributed by atoms with Crippen LogP contribution in [0.2, 0.25) is 0 Å². The second kappa shape index (κ2) is 4.91. The number of halogens is 1. The fourth-order valence-electron chi connectivity index (χ4n) is 2.91. The molecule has 1 aromatic carbocycles. The zero-order valence-electron chi connectivity index (χ0n) is 11.6. The van der Waals surface area contributed by atoms with Crippen molar-refractivity contribution in [2.45, 2.75) is 17.3 Å². The van der Waals surface area contributed by atoms with Crippen LogP contribution in [0, 0.1) is 5.82 Å². The summed E-state index contributed by atoms with van der Waals surface area (Å²) in [6.07, 6.45) is 0. The SMILES string of the molecule is O=S(=O)(c1cccs1)N1CCn2c(cc3cc(F)ccc32)C1. The normalized spacial score (nSPS) is 16.0. The Labute approximate surface area is 131 Å². The first-order valence-corrected chi connectivity index (χ1v) is 9.19. The Bertz CT molecular complexity index is 945. The summed E-state index contributed by atoms with van der Waals surface area (Å²) >= 11 is 1.23. The van der Waals surface area contributed by atoms with Crippen LogP contribution in [-0.4, -0.2) is 23.8 Å². The molecule has 0 radical (unpaired) electrons. The van der Waals surface area contributed by atoms with E-state index in [1.165, 1.54) is 27.8 Å². The van der Waals surface area contributed by atoms with Crippen molar-refractivity contribution in [3.63, 3.8) is 0 Å². The third-order valence-electron chi connectivity index (χ3n) is 3.95. The molecule has 1 aliphatic rings. The lowest BCUT2D eigenvalue weighted by Gasteiger charge is -2.27. The number of hydrogen-bond donors (Lipinski definition) is 0. The van der Waals surface area contributed by atoms with Crippen LogP contribution in [0.15, 0.2) is 46.0 Å². The van der Waals surface area contributed by atoms with Crippen LogP contribution in [0.25, 0.3) is 10.9 Å². The third kappa shape index (κ3) is 2.08. The highest BCUT2D eigenvalue weighted by Gasteiger charge is 2.29. The number of sulfonamides is 1. The van der Waals surface area contributed by atoms with Crippen molar-refractivity contribution < 1.29 is 12.8 Å². The minimum absolute atomic E-state index is 0.279. The fraction of sp³-hybridized carbons (Fsp3) is 0.200. The van der Waals surface area contributed by atoms with Crippen LogP contribution < -0.4 is 0 Å². The largest absolute Gasteiger partial charge is 0.342 e. The molecule has 114 valence electrons. The van der Waals surface area contributed by atoms with Gasteiger partial charge >= 0.3 is 0 Å². The molecule has 7 heteroatoms. The molecule has 2 aromatic heterocycles. The van der Waals surface area contributed by atoms with Gasteiger partial charge in [0.2, 0.25) is 0 Å². The van der Waals surface area contributed by atoms with Gasteiger partial charge in [0, 0.05) is 29.7 Å². The maximum atomic E-state index is 13.3. The lowest BCUT2D eigenvalue weighted by atomic mass is 10.2. The van der Waals surface area contributed by atoms with Crippen LogP contribution in [0.4, 0.5) is 4.39 Å². The molecule has 0 saturated carbocycles. The van der Waals surface area contributed by atoms with E-state index in [4.69, 9.17) is 0 Å². The number of thiophene rings is 1. The molecule has 22 heavy (non-hydrogen) atoms. The van der Waals surface area contributed by atoms with Gasteiger partial charge in [-0.1, -0.05) is 6.07 Å². The predicted molar refractivity (Wildman–Crippen MR) is 83.8 cm³/mol. The molecular formula is C15H13FN2O2S2. The standard InChI is InChI=1S/C15H13FN2O2S2/c16-12-3-4-14-11(8-12)9-13-10-17(5-6-18(13)14)22(19,20)15-2-1-7-21-15/h1-4,7-9H,5-6,10H2. The van der Waals surface area contributed by atoms with Crippen molar-refractivity contribution in [1.29, 1.82) is 0 Å². The maximum absolute atomic E-state index is 13.3. The molecule has 0 saturated heterocycles. The summed E-state index contributed by atoms with van der Waals surface area (Å²) < 4.78 is 42.4. The molecule has 0 fully saturated rings. The van der Waals surface area contributed by atoms with E-state index in [1.807, 2.05) is 6.07 Å². The van der Waals surface area contributed by atoms with Crippen molar-refractivity contribution >= 4 is 32.3 Å². The van der Waals surface area contributed by atoms with Gasteiger partial charge in [-0.2, -0.15) is 4.31 Å². The molecule has 0 aliphatic carbocycles. The van der Waals surface area contributed by atoms with E-state index < -0.39 is 10.0 Å². The molecule has 4 nitrogen and oxygen atoms in total. The van der Waals surface area contributed by atoms with Crippen molar-refractivity contribution in [1.82, 2.24) is 8.87 Å². The molecule has 0 unspecified atom stereocenters. The van der Waals surface area contributed by atoms with Gasteiger partial charge in [0.15, 0.2) is 0 Å². The van der Waals surface area contributed by atoms with Gasteiger partial charge in [0.25, 0.3) is 10.0 Å². The monoisotopic (exact) mass is 336 g/mol. The van der Waals surface area contributed by atoms with Crippen molar-refractivity contribution in [3.8, 4) is 0 Å². The number of nitrogens with zero attached hydrogens (tertiary/aromatic N) is 2. The van der Waals surface area contributed by atoms with Crippen LogP contribution >= 0.6 is 11.3 Å². The summed E-state index contributed by atoms with van der Waals surface area (Å²) in [6.45, 7) is 1.32. The molecule has 3 heterocycles. The quantitative estimate of drug-likeness (QED) is 0.722. The number of hydrogen-bond acceptors (Lipinski definition) is 3. The molecule has 1 aliphatic heterocycles. The second-order valence-corrected chi connectivity index (χ2v) is 8.37. The van der Waals surface area contributed by atoms with Crippen LogP contribution in [0.3, 0.4) is 0 Å². The van der Waals surface area contributed by atoms with Gasteiger partial charge in [-0.3, -0.25) is 0 Å². The van der Waals surface area contributed by atoms with E-state index in [0.717, 1.165) is 16.6 Å². The zero-order chi connectivity index (χ0) is 15.3. The average Bonchev–Trinajstić information content (AvgIpc) is 3.13. The van der Waals surface area contributed by atoms with Crippen LogP contribution in [0.1, 0.15) is 5.69 Å². The number of benzene rings is 1. The zero-order valence-corrected chi connectivity index (χ0v) is 13.2. The van der Waals surface area contributed by atoms with Gasteiger partial charge in [-0.15, -0.1) is 11.3 Å². The van der Waals surface area contributed by atoms with Crippen LogP contribution in [0.5, 0.6) is 0 Å². The summed E-state index contributed by atoms with van der Waals surface area (Å²) in [5.74, 6) is -0.279. The topological polar surface area (TPSA) is 42.3 Å². The molecule has 0 N–H and O–H groups in total. The Morgan fingerprint density at radius 1 is 1.14 bits per heavy atom. The van der Waals surface area contributed by atoms with E-state index >= 15 is 0 Å². The lowest BCUT2D eigenvalue weighted by molar-refractivity contribution is 0.346. The predicted octanol–water partition coefficient (Wildman–Crippen LogP) is 3.05. The van der Waals surface area contributed by atoms with Gasteiger partial charge in [-0.25, -0.2) is 12.8 Å². The molecule has 0 spiro atoms. The van der Waals surface area contributed by atoms with E-state index in [9.17, 15) is 12.8 Å². The summed E-state index contributed by atoms with van der Waals surface area (Å²) in [5, 5.41) is 2.57. The minimum Gasteiger partial charge on any atom is -0.342 e. The highest BCUT2D eigenvalue weighted by atomic mass is 32.2. The first-order chi connectivity index (χ1) is 10.6. The number of rotatable bonds is 2. The Morgan fingerprint density at radius 3 is 2.77 bits per heavy atom. The average molecular weight is 336 g/mol. The highest BCUT2D eigenvalue weighted by molar-refractivity contribution is 7.91. The van der Waals surface area contributed by atoms with Crippen LogP contribution in [-0.2, 0) is 23.1 Å². The molecule has 3 aromatic rings. The van der Waals surface area contributed by atoms with E-state index in [1.54, 1.807) is 23.6 Å². The van der Waals surface area contributed by atoms with Gasteiger partial charge < -0.3 is 4.57 Å². The Hall–Kier alpha value is -1.70. The molecular weight excluding hydrogens is 323 g/mol. The third-order valence-corrected chi connectivity index (χ3v) is 7.17. The van der Waals surface area contributed by atoms with Gasteiger partial charge in [0.05, 0.1) is 6.54 Å². The van der Waals surface area contributed by atoms with E-state index in [0.29, 0.717) is 23.8 Å². The number of aromatic nitrogens is 1. The van der Waals surface area contributed by atoms with E-state index in [2.05, 4.69) is 4.57 Å². The van der Waals surface area contributed by atoms with Gasteiger partial charge in [0.1, 0.15) is 10.0 Å². The first-order valence-electron chi connectivity index (χ1n) is 6.87. The van der Waals surface area contributed by atoms with Gasteiger partial charge in [-0.05, 0) is 35.7 Å². The van der Waals surface area contributed by atoms with Crippen molar-refractivity contribution in [2.75, 3.05) is 6.54 Å². The second-order valence-electron chi connectivity index (χ2n) is 5.26. The van der Waals surface area contributed by atoms with Crippen molar-refractivity contribution in [2.24, 2.45) is 0 Å². The molecule has 0 atom stereocenters. The highest BCUT2D eigenvalue weighted by Crippen LogP contribution is 2.29. The van der Waals surface area contributed by atoms with E-state index in [-0.39, 0.29) is 5.82 Å². The summed E-state index contributed by atoms with van der Waals surface area (Å²) in [7, 11) is -3.44. The maximum Gasteiger partial charge on any atom is 0.252 e.